The molecule has 1 fully saturated rings. The molecule has 94 valence electrons. The van der Waals surface area contributed by atoms with Crippen molar-refractivity contribution in [2.45, 2.75) is 5.92 Å². The summed E-state index contributed by atoms with van der Waals surface area (Å²) in [5, 5.41) is 9.17. The number of nitriles is 1. The summed E-state index contributed by atoms with van der Waals surface area (Å²) < 4.78 is 5.23. The first-order valence-corrected chi connectivity index (χ1v) is 6.08. The number of nitrogens with zero attached hydrogens (tertiary/aromatic N) is 2. The lowest BCUT2D eigenvalue weighted by atomic mass is 9.96. The van der Waals surface area contributed by atoms with E-state index in [4.69, 9.17) is 10.00 Å². The molecule has 0 bridgehead atoms. The van der Waals surface area contributed by atoms with E-state index < -0.39 is 5.92 Å². The molecule has 0 spiro atoms. The molecule has 0 saturated carbocycles. The second-order valence-electron chi connectivity index (χ2n) is 4.33. The average Bonchev–Trinajstić information content (AvgIpc) is 2.42. The number of ether oxygens (including phenoxy) is 1. The predicted octanol–water partition coefficient (Wildman–Crippen LogP) is 1.20. The summed E-state index contributed by atoms with van der Waals surface area (Å²) >= 11 is 0. The van der Waals surface area contributed by atoms with Crippen LogP contribution in [0.4, 0.5) is 0 Å². The van der Waals surface area contributed by atoms with Gasteiger partial charge in [0.15, 0.2) is 5.78 Å². The van der Waals surface area contributed by atoms with Gasteiger partial charge in [-0.15, -0.1) is 0 Å². The zero-order valence-electron chi connectivity index (χ0n) is 10.2. The van der Waals surface area contributed by atoms with Crippen molar-refractivity contribution in [1.29, 1.82) is 5.26 Å². The van der Waals surface area contributed by atoms with Gasteiger partial charge in [-0.2, -0.15) is 5.26 Å². The Bertz CT molecular complexity index is 433. The molecule has 0 radical (unpaired) electrons. The maximum Gasteiger partial charge on any atom is 0.168 e. The zero-order valence-corrected chi connectivity index (χ0v) is 10.2. The third-order valence-corrected chi connectivity index (χ3v) is 3.07. The number of Topliss-reactive ketones (excluding diaryl/α,β-unsaturated/α-hetero) is 1. The molecule has 18 heavy (non-hydrogen) atoms. The number of hydrogen-bond acceptors (Lipinski definition) is 4. The maximum atomic E-state index is 12.1. The fraction of sp³-hybridized carbons (Fsp3) is 0.429. The van der Waals surface area contributed by atoms with Crippen LogP contribution in [0.5, 0.6) is 0 Å². The summed E-state index contributed by atoms with van der Waals surface area (Å²) in [6, 6.07) is 11.3. The van der Waals surface area contributed by atoms with Gasteiger partial charge in [0.05, 0.1) is 25.8 Å². The average molecular weight is 244 g/mol. The van der Waals surface area contributed by atoms with Gasteiger partial charge in [-0.05, 0) is 5.56 Å². The Hall–Kier alpha value is -1.70. The van der Waals surface area contributed by atoms with Crippen LogP contribution >= 0.6 is 0 Å². The topological polar surface area (TPSA) is 53.3 Å². The normalized spacial score (nSPS) is 17.9. The molecule has 1 saturated heterocycles. The van der Waals surface area contributed by atoms with Gasteiger partial charge in [-0.3, -0.25) is 9.69 Å². The fourth-order valence-corrected chi connectivity index (χ4v) is 2.05. The number of benzene rings is 1. The first-order valence-electron chi connectivity index (χ1n) is 6.08. The van der Waals surface area contributed by atoms with Crippen LogP contribution in [-0.2, 0) is 9.53 Å². The van der Waals surface area contributed by atoms with Crippen molar-refractivity contribution in [2.75, 3.05) is 32.8 Å². The van der Waals surface area contributed by atoms with Crippen molar-refractivity contribution in [3.05, 3.63) is 35.9 Å². The molecule has 1 aromatic rings. The van der Waals surface area contributed by atoms with E-state index in [-0.39, 0.29) is 5.78 Å². The molecule has 4 heteroatoms. The standard InChI is InChI=1S/C14H16N2O2/c15-10-13(12-4-2-1-3-5-12)14(17)11-16-6-8-18-9-7-16/h1-5,13H,6-9,11H2/t13-/m1/s1. The Morgan fingerprint density at radius 2 is 2.00 bits per heavy atom. The Kier molecular flexibility index (Phi) is 4.46. The molecule has 0 aliphatic carbocycles. The number of carbonyl (C=O) groups is 1. The molecule has 0 aromatic heterocycles. The number of morpholine rings is 1. The van der Waals surface area contributed by atoms with Crippen molar-refractivity contribution in [2.24, 2.45) is 0 Å². The number of rotatable bonds is 4. The van der Waals surface area contributed by atoms with E-state index in [2.05, 4.69) is 6.07 Å². The third-order valence-electron chi connectivity index (χ3n) is 3.07. The molecule has 1 aromatic carbocycles. The van der Waals surface area contributed by atoms with Gasteiger partial charge < -0.3 is 4.74 Å². The van der Waals surface area contributed by atoms with Gasteiger partial charge in [-0.25, -0.2) is 0 Å². The molecule has 2 rings (SSSR count). The SMILES string of the molecule is N#C[C@@H](C(=O)CN1CCOCC1)c1ccccc1. The minimum absolute atomic E-state index is 0.0365. The van der Waals surface area contributed by atoms with Gasteiger partial charge >= 0.3 is 0 Å². The molecule has 4 nitrogen and oxygen atoms in total. The second-order valence-corrected chi connectivity index (χ2v) is 4.33. The predicted molar refractivity (Wildman–Crippen MR) is 67.1 cm³/mol. The molecule has 1 atom stereocenters. The molecule has 1 heterocycles. The van der Waals surface area contributed by atoms with Crippen molar-refractivity contribution in [3.8, 4) is 6.07 Å². The van der Waals surface area contributed by atoms with E-state index in [1.165, 1.54) is 0 Å². The molecule has 1 aliphatic rings. The van der Waals surface area contributed by atoms with E-state index in [0.717, 1.165) is 18.7 Å². The van der Waals surface area contributed by atoms with Crippen LogP contribution in [0.25, 0.3) is 0 Å². The highest BCUT2D eigenvalue weighted by Gasteiger charge is 2.23. The van der Waals surface area contributed by atoms with Crippen molar-refractivity contribution in [1.82, 2.24) is 4.90 Å². The van der Waals surface area contributed by atoms with Gasteiger partial charge in [0.25, 0.3) is 0 Å². The maximum absolute atomic E-state index is 12.1. The molecule has 0 amide bonds. The van der Waals surface area contributed by atoms with Crippen molar-refractivity contribution < 1.29 is 9.53 Å². The number of hydrogen-bond donors (Lipinski definition) is 0. The van der Waals surface area contributed by atoms with E-state index >= 15 is 0 Å². The Balaban J connectivity index is 2.00. The highest BCUT2D eigenvalue weighted by Crippen LogP contribution is 2.16. The minimum Gasteiger partial charge on any atom is -0.379 e. The lowest BCUT2D eigenvalue weighted by molar-refractivity contribution is -0.121. The van der Waals surface area contributed by atoms with Gasteiger partial charge in [0.2, 0.25) is 0 Å². The van der Waals surface area contributed by atoms with Crippen LogP contribution in [0.1, 0.15) is 11.5 Å². The second kappa shape index (κ2) is 6.29. The first kappa shape index (κ1) is 12.7. The minimum atomic E-state index is -0.658. The smallest absolute Gasteiger partial charge is 0.168 e. The first-order chi connectivity index (χ1) is 8.81. The summed E-state index contributed by atoms with van der Waals surface area (Å²) in [5.41, 5.74) is 0.776. The fourth-order valence-electron chi connectivity index (χ4n) is 2.05. The van der Waals surface area contributed by atoms with Crippen molar-refractivity contribution >= 4 is 5.78 Å². The van der Waals surface area contributed by atoms with Gasteiger partial charge in [0.1, 0.15) is 5.92 Å². The Labute approximate surface area is 107 Å². The van der Waals surface area contributed by atoms with Gasteiger partial charge in [0, 0.05) is 13.1 Å². The highest BCUT2D eigenvalue weighted by atomic mass is 16.5. The largest absolute Gasteiger partial charge is 0.379 e. The molecular weight excluding hydrogens is 228 g/mol. The number of ketones is 1. The summed E-state index contributed by atoms with van der Waals surface area (Å²) in [7, 11) is 0. The third kappa shape index (κ3) is 3.16. The van der Waals surface area contributed by atoms with Gasteiger partial charge in [-0.1, -0.05) is 30.3 Å². The molecule has 0 unspecified atom stereocenters. The van der Waals surface area contributed by atoms with Crippen LogP contribution in [0.3, 0.4) is 0 Å². The van der Waals surface area contributed by atoms with Crippen LogP contribution in [0.2, 0.25) is 0 Å². The molecule has 1 aliphatic heterocycles. The van der Waals surface area contributed by atoms with E-state index in [0.29, 0.717) is 19.8 Å². The van der Waals surface area contributed by atoms with Crippen molar-refractivity contribution in [3.63, 3.8) is 0 Å². The summed E-state index contributed by atoms with van der Waals surface area (Å²) in [6.45, 7) is 3.18. The molecular formula is C14H16N2O2. The Morgan fingerprint density at radius 1 is 1.33 bits per heavy atom. The summed E-state index contributed by atoms with van der Waals surface area (Å²) in [6.07, 6.45) is 0. The Morgan fingerprint density at radius 3 is 2.61 bits per heavy atom. The van der Waals surface area contributed by atoms with Crippen LogP contribution in [0, 0.1) is 11.3 Å². The zero-order chi connectivity index (χ0) is 12.8. The summed E-state index contributed by atoms with van der Waals surface area (Å²) in [4.78, 5) is 14.2. The molecule has 0 N–H and O–H groups in total. The monoisotopic (exact) mass is 244 g/mol. The summed E-state index contributed by atoms with van der Waals surface area (Å²) in [5.74, 6) is -0.695. The quantitative estimate of drug-likeness (QED) is 0.798. The van der Waals surface area contributed by atoms with E-state index in [9.17, 15) is 4.79 Å². The van der Waals surface area contributed by atoms with Crippen LogP contribution in [0.15, 0.2) is 30.3 Å². The lowest BCUT2D eigenvalue weighted by Crippen LogP contribution is -2.40. The highest BCUT2D eigenvalue weighted by molar-refractivity contribution is 5.90. The van der Waals surface area contributed by atoms with Crippen LogP contribution < -0.4 is 0 Å². The van der Waals surface area contributed by atoms with E-state index in [1.807, 2.05) is 35.2 Å². The lowest BCUT2D eigenvalue weighted by Gasteiger charge is -2.26. The number of carbonyl (C=O) groups excluding carboxylic acids is 1. The van der Waals surface area contributed by atoms with E-state index in [1.54, 1.807) is 0 Å². The van der Waals surface area contributed by atoms with Crippen LogP contribution in [-0.4, -0.2) is 43.5 Å².